The van der Waals surface area contributed by atoms with Crippen LogP contribution in [0.15, 0.2) is 60.0 Å². The molecule has 0 heterocycles. The molecule has 0 saturated heterocycles. The van der Waals surface area contributed by atoms with Crippen molar-refractivity contribution in [2.75, 3.05) is 20.5 Å². The maximum Gasteiger partial charge on any atom is 0.296 e. The molecule has 0 atom stereocenters. The Labute approximate surface area is 142 Å². The van der Waals surface area contributed by atoms with Crippen LogP contribution in [0.4, 0.5) is 0 Å². The molecule has 0 radical (unpaired) electrons. The number of ether oxygens (including phenoxy) is 2. The van der Waals surface area contributed by atoms with E-state index < -0.39 is 10.1 Å². The quantitative estimate of drug-likeness (QED) is 0.514. The third-order valence-corrected chi connectivity index (χ3v) is 4.65. The standard InChI is InChI=1S/C18H20O5S/c1-3-15-8-10-17(11-9-15)24(19,20)23-13-12-16-6-4-5-7-18(16)22-14-21-2/h3-11H,1,12-14H2,2H3. The van der Waals surface area contributed by atoms with Crippen molar-refractivity contribution in [1.82, 2.24) is 0 Å². The summed E-state index contributed by atoms with van der Waals surface area (Å²) in [4.78, 5) is 0.122. The van der Waals surface area contributed by atoms with Crippen LogP contribution < -0.4 is 4.74 Å². The minimum atomic E-state index is -3.79. The molecule has 2 aromatic rings. The van der Waals surface area contributed by atoms with Crippen LogP contribution in [0, 0.1) is 0 Å². The number of hydrogen-bond acceptors (Lipinski definition) is 5. The van der Waals surface area contributed by atoms with Gasteiger partial charge in [-0.05, 0) is 29.3 Å². The smallest absolute Gasteiger partial charge is 0.296 e. The van der Waals surface area contributed by atoms with E-state index in [1.165, 1.54) is 19.2 Å². The zero-order chi connectivity index (χ0) is 17.4. The Kier molecular flexibility index (Phi) is 6.54. The summed E-state index contributed by atoms with van der Waals surface area (Å²) in [6.45, 7) is 3.79. The van der Waals surface area contributed by atoms with E-state index in [1.54, 1.807) is 24.3 Å². The van der Waals surface area contributed by atoms with Gasteiger partial charge in [0.05, 0.1) is 11.5 Å². The fourth-order valence-corrected chi connectivity index (χ4v) is 2.98. The Bertz CT molecular complexity index is 766. The number of para-hydroxylation sites is 1. The summed E-state index contributed by atoms with van der Waals surface area (Å²) in [6, 6.07) is 13.7. The lowest BCUT2D eigenvalue weighted by atomic mass is 10.1. The summed E-state index contributed by atoms with van der Waals surface area (Å²) >= 11 is 0. The molecule has 0 aromatic heterocycles. The van der Waals surface area contributed by atoms with E-state index in [9.17, 15) is 8.42 Å². The van der Waals surface area contributed by atoms with Crippen LogP contribution in [0.1, 0.15) is 11.1 Å². The van der Waals surface area contributed by atoms with E-state index in [1.807, 2.05) is 18.2 Å². The Morgan fingerprint density at radius 2 is 1.79 bits per heavy atom. The minimum absolute atomic E-state index is 0.0267. The first-order chi connectivity index (χ1) is 11.6. The Morgan fingerprint density at radius 3 is 2.46 bits per heavy atom. The summed E-state index contributed by atoms with van der Waals surface area (Å²) in [5, 5.41) is 0. The van der Waals surface area contributed by atoms with E-state index in [0.717, 1.165) is 11.1 Å². The molecule has 5 nitrogen and oxygen atoms in total. The van der Waals surface area contributed by atoms with E-state index in [-0.39, 0.29) is 18.3 Å². The zero-order valence-corrected chi connectivity index (χ0v) is 14.3. The van der Waals surface area contributed by atoms with Gasteiger partial charge in [-0.2, -0.15) is 8.42 Å². The monoisotopic (exact) mass is 348 g/mol. The first-order valence-corrected chi connectivity index (χ1v) is 8.79. The Morgan fingerprint density at radius 1 is 1.08 bits per heavy atom. The van der Waals surface area contributed by atoms with Crippen molar-refractivity contribution in [2.45, 2.75) is 11.3 Å². The first kappa shape index (κ1) is 18.2. The molecule has 0 aliphatic rings. The van der Waals surface area contributed by atoms with Gasteiger partial charge in [-0.3, -0.25) is 4.18 Å². The molecular weight excluding hydrogens is 328 g/mol. The summed E-state index contributed by atoms with van der Waals surface area (Å²) in [6.07, 6.45) is 2.05. The maximum atomic E-state index is 12.2. The van der Waals surface area contributed by atoms with Crippen LogP contribution in [0.2, 0.25) is 0 Å². The van der Waals surface area contributed by atoms with E-state index >= 15 is 0 Å². The molecule has 2 rings (SSSR count). The highest BCUT2D eigenvalue weighted by Gasteiger charge is 2.15. The molecular formula is C18H20O5S. The highest BCUT2D eigenvalue weighted by atomic mass is 32.2. The molecule has 0 spiro atoms. The van der Waals surface area contributed by atoms with Gasteiger partial charge in [0.25, 0.3) is 10.1 Å². The summed E-state index contributed by atoms with van der Waals surface area (Å²) in [5.74, 6) is 0.649. The molecule has 24 heavy (non-hydrogen) atoms. The SMILES string of the molecule is C=Cc1ccc(S(=O)(=O)OCCc2ccccc2OCOC)cc1. The molecule has 0 bridgehead atoms. The van der Waals surface area contributed by atoms with Crippen molar-refractivity contribution >= 4 is 16.2 Å². The van der Waals surface area contributed by atoms with Gasteiger partial charge in [-0.15, -0.1) is 0 Å². The van der Waals surface area contributed by atoms with Gasteiger partial charge in [-0.25, -0.2) is 0 Å². The van der Waals surface area contributed by atoms with Crippen LogP contribution in [0.3, 0.4) is 0 Å². The first-order valence-electron chi connectivity index (χ1n) is 7.38. The summed E-state index contributed by atoms with van der Waals surface area (Å²) in [5.41, 5.74) is 1.70. The van der Waals surface area contributed by atoms with Gasteiger partial charge in [0.2, 0.25) is 0 Å². The lowest BCUT2D eigenvalue weighted by Crippen LogP contribution is -2.10. The van der Waals surface area contributed by atoms with Gasteiger partial charge < -0.3 is 9.47 Å². The highest BCUT2D eigenvalue weighted by Crippen LogP contribution is 2.20. The second-order valence-corrected chi connectivity index (χ2v) is 6.57. The molecule has 0 aliphatic heterocycles. The number of hydrogen-bond donors (Lipinski definition) is 0. The zero-order valence-electron chi connectivity index (χ0n) is 13.5. The minimum Gasteiger partial charge on any atom is -0.467 e. The predicted octanol–water partition coefficient (Wildman–Crippen LogP) is 3.26. The predicted molar refractivity (Wildman–Crippen MR) is 92.3 cm³/mol. The Balaban J connectivity index is 1.99. The van der Waals surface area contributed by atoms with Crippen molar-refractivity contribution in [3.05, 3.63) is 66.2 Å². The molecule has 0 fully saturated rings. The van der Waals surface area contributed by atoms with Gasteiger partial charge in [0.15, 0.2) is 6.79 Å². The normalized spacial score (nSPS) is 11.2. The second kappa shape index (κ2) is 8.63. The molecule has 6 heteroatoms. The fourth-order valence-electron chi connectivity index (χ4n) is 2.07. The van der Waals surface area contributed by atoms with Gasteiger partial charge in [0, 0.05) is 13.5 Å². The van der Waals surface area contributed by atoms with Crippen LogP contribution >= 0.6 is 0 Å². The van der Waals surface area contributed by atoms with Gasteiger partial charge in [-0.1, -0.05) is 43.0 Å². The van der Waals surface area contributed by atoms with Crippen LogP contribution in [0.5, 0.6) is 5.75 Å². The van der Waals surface area contributed by atoms with E-state index in [4.69, 9.17) is 13.7 Å². The largest absolute Gasteiger partial charge is 0.467 e. The average Bonchev–Trinajstić information content (AvgIpc) is 2.61. The third-order valence-electron chi connectivity index (χ3n) is 3.32. The van der Waals surface area contributed by atoms with Gasteiger partial charge >= 0.3 is 0 Å². The van der Waals surface area contributed by atoms with E-state index in [2.05, 4.69) is 6.58 Å². The molecule has 128 valence electrons. The summed E-state index contributed by atoms with van der Waals surface area (Å²) in [7, 11) is -2.25. The maximum absolute atomic E-state index is 12.2. The molecule has 0 amide bonds. The Hall–Kier alpha value is -2.15. The average molecular weight is 348 g/mol. The third kappa shape index (κ3) is 4.92. The van der Waals surface area contributed by atoms with Crippen LogP contribution in [0.25, 0.3) is 6.08 Å². The van der Waals surface area contributed by atoms with Crippen LogP contribution in [-0.2, 0) is 25.5 Å². The second-order valence-electron chi connectivity index (χ2n) is 4.96. The number of benzene rings is 2. The number of rotatable bonds is 9. The lowest BCUT2D eigenvalue weighted by molar-refractivity contribution is 0.0503. The molecule has 0 aliphatic carbocycles. The van der Waals surface area contributed by atoms with Crippen molar-refractivity contribution < 1.29 is 22.1 Å². The van der Waals surface area contributed by atoms with Crippen molar-refractivity contribution in [1.29, 1.82) is 0 Å². The molecule has 0 N–H and O–H groups in total. The molecule has 2 aromatic carbocycles. The van der Waals surface area contributed by atoms with Crippen LogP contribution in [-0.4, -0.2) is 28.9 Å². The van der Waals surface area contributed by atoms with Crippen molar-refractivity contribution in [3.63, 3.8) is 0 Å². The molecule has 0 unspecified atom stereocenters. The number of methoxy groups -OCH3 is 1. The highest BCUT2D eigenvalue weighted by molar-refractivity contribution is 7.86. The van der Waals surface area contributed by atoms with Crippen molar-refractivity contribution in [3.8, 4) is 5.75 Å². The summed E-state index contributed by atoms with van der Waals surface area (Å²) < 4.78 is 39.8. The van der Waals surface area contributed by atoms with Crippen molar-refractivity contribution in [2.24, 2.45) is 0 Å². The van der Waals surface area contributed by atoms with E-state index in [0.29, 0.717) is 12.2 Å². The van der Waals surface area contributed by atoms with Gasteiger partial charge in [0.1, 0.15) is 5.75 Å². The fraction of sp³-hybridized carbons (Fsp3) is 0.222. The topological polar surface area (TPSA) is 61.8 Å². The molecule has 0 saturated carbocycles. The lowest BCUT2D eigenvalue weighted by Gasteiger charge is -2.11.